The van der Waals surface area contributed by atoms with Crippen LogP contribution in [0.15, 0.2) is 24.3 Å². The topological polar surface area (TPSA) is 27.7 Å². The quantitative estimate of drug-likeness (QED) is 0.184. The molecule has 1 rings (SSSR count). The highest BCUT2D eigenvalue weighted by molar-refractivity contribution is 7.42. The van der Waals surface area contributed by atoms with Crippen LogP contribution in [-0.2, 0) is 9.05 Å². The molecular formula is C23H41O3P. The first kappa shape index (κ1) is 24.4. The largest absolute Gasteiger partial charge is 0.427 e. The summed E-state index contributed by atoms with van der Waals surface area (Å²) in [6.07, 6.45) is 15.1. The normalized spacial score (nSPS) is 11.3. The van der Waals surface area contributed by atoms with Crippen molar-refractivity contribution in [2.45, 2.75) is 97.8 Å². The van der Waals surface area contributed by atoms with Gasteiger partial charge < -0.3 is 13.6 Å². The summed E-state index contributed by atoms with van der Waals surface area (Å²) in [4.78, 5) is 0. The van der Waals surface area contributed by atoms with Crippen molar-refractivity contribution < 1.29 is 13.6 Å². The van der Waals surface area contributed by atoms with Gasteiger partial charge in [-0.2, -0.15) is 0 Å². The highest BCUT2D eigenvalue weighted by atomic mass is 31.2. The molecule has 0 aliphatic heterocycles. The fourth-order valence-electron chi connectivity index (χ4n) is 2.82. The minimum absolute atomic E-state index is 0.722. The van der Waals surface area contributed by atoms with Gasteiger partial charge in [-0.15, -0.1) is 0 Å². The smallest absolute Gasteiger partial charge is 0.397 e. The van der Waals surface area contributed by atoms with Gasteiger partial charge in [0.1, 0.15) is 5.75 Å². The fourth-order valence-corrected chi connectivity index (χ4v) is 3.85. The van der Waals surface area contributed by atoms with Crippen LogP contribution in [0.3, 0.4) is 0 Å². The van der Waals surface area contributed by atoms with Crippen molar-refractivity contribution in [3.63, 3.8) is 0 Å². The summed E-state index contributed by atoms with van der Waals surface area (Å²) in [6.45, 7) is 8.02. The summed E-state index contributed by atoms with van der Waals surface area (Å²) < 4.78 is 17.9. The average Bonchev–Trinajstić information content (AvgIpc) is 2.68. The Hall–Kier alpha value is -0.630. The molecule has 0 aromatic heterocycles. The SMILES string of the molecule is CCCCCCCCOP(OCCCCCCCC)Oc1ccc(C)cc1. The van der Waals surface area contributed by atoms with E-state index in [1.165, 1.54) is 69.8 Å². The van der Waals surface area contributed by atoms with Crippen LogP contribution >= 0.6 is 8.60 Å². The summed E-state index contributed by atoms with van der Waals surface area (Å²) >= 11 is 0. The molecule has 0 heterocycles. The molecule has 0 spiro atoms. The third-order valence-corrected chi connectivity index (χ3v) is 5.74. The zero-order valence-corrected chi connectivity index (χ0v) is 18.8. The van der Waals surface area contributed by atoms with Crippen LogP contribution in [-0.4, -0.2) is 13.2 Å². The van der Waals surface area contributed by atoms with E-state index in [-0.39, 0.29) is 0 Å². The van der Waals surface area contributed by atoms with Crippen LogP contribution in [0.25, 0.3) is 0 Å². The zero-order valence-electron chi connectivity index (χ0n) is 17.9. The number of benzene rings is 1. The Labute approximate surface area is 169 Å². The molecule has 0 radical (unpaired) electrons. The van der Waals surface area contributed by atoms with Gasteiger partial charge in [0, 0.05) is 0 Å². The number of aryl methyl sites for hydroxylation is 1. The first-order valence-electron chi connectivity index (χ1n) is 11.1. The molecule has 3 nitrogen and oxygen atoms in total. The monoisotopic (exact) mass is 396 g/mol. The van der Waals surface area contributed by atoms with Crippen molar-refractivity contribution in [2.75, 3.05) is 13.2 Å². The second-order valence-electron chi connectivity index (χ2n) is 7.33. The Bertz CT molecular complexity index is 418. The van der Waals surface area contributed by atoms with Crippen molar-refractivity contribution in [1.29, 1.82) is 0 Å². The van der Waals surface area contributed by atoms with Crippen LogP contribution in [0.2, 0.25) is 0 Å². The van der Waals surface area contributed by atoms with E-state index >= 15 is 0 Å². The Balaban J connectivity index is 2.27. The number of rotatable bonds is 18. The molecule has 0 aliphatic carbocycles. The Morgan fingerprint density at radius 3 is 1.56 bits per heavy atom. The van der Waals surface area contributed by atoms with Gasteiger partial charge in [0.05, 0.1) is 13.2 Å². The van der Waals surface area contributed by atoms with Crippen molar-refractivity contribution >= 4 is 8.60 Å². The molecule has 0 aliphatic rings. The van der Waals surface area contributed by atoms with Gasteiger partial charge in [-0.1, -0.05) is 95.8 Å². The Morgan fingerprint density at radius 2 is 1.07 bits per heavy atom. The summed E-state index contributed by atoms with van der Waals surface area (Å²) in [6, 6.07) is 8.11. The minimum Gasteiger partial charge on any atom is -0.427 e. The molecule has 156 valence electrons. The zero-order chi connectivity index (χ0) is 19.6. The van der Waals surface area contributed by atoms with E-state index in [0.29, 0.717) is 0 Å². The van der Waals surface area contributed by atoms with Gasteiger partial charge in [0.15, 0.2) is 0 Å². The lowest BCUT2D eigenvalue weighted by molar-refractivity contribution is 0.198. The van der Waals surface area contributed by atoms with E-state index in [1.807, 2.05) is 12.1 Å². The van der Waals surface area contributed by atoms with Crippen LogP contribution in [0.4, 0.5) is 0 Å². The third kappa shape index (κ3) is 14.1. The predicted molar refractivity (Wildman–Crippen MR) is 117 cm³/mol. The van der Waals surface area contributed by atoms with E-state index in [9.17, 15) is 0 Å². The van der Waals surface area contributed by atoms with Gasteiger partial charge in [-0.25, -0.2) is 0 Å². The van der Waals surface area contributed by atoms with Gasteiger partial charge in [-0.3, -0.25) is 0 Å². The molecule has 1 aromatic carbocycles. The number of unbranched alkanes of at least 4 members (excludes halogenated alkanes) is 10. The number of hydrogen-bond donors (Lipinski definition) is 0. The molecule has 0 saturated carbocycles. The van der Waals surface area contributed by atoms with Gasteiger partial charge in [-0.05, 0) is 31.9 Å². The molecule has 0 amide bonds. The first-order chi connectivity index (χ1) is 13.3. The summed E-state index contributed by atoms with van der Waals surface area (Å²) in [5.74, 6) is 0.831. The summed E-state index contributed by atoms with van der Waals surface area (Å²) in [7, 11) is -1.30. The van der Waals surface area contributed by atoms with Gasteiger partial charge >= 0.3 is 8.60 Å². The molecule has 4 heteroatoms. The van der Waals surface area contributed by atoms with Crippen LogP contribution in [0, 0.1) is 6.92 Å². The highest BCUT2D eigenvalue weighted by Crippen LogP contribution is 2.41. The fraction of sp³-hybridized carbons (Fsp3) is 0.739. The van der Waals surface area contributed by atoms with Crippen molar-refractivity contribution in [3.8, 4) is 5.75 Å². The Kier molecular flexibility index (Phi) is 15.8. The van der Waals surface area contributed by atoms with Crippen molar-refractivity contribution in [2.24, 2.45) is 0 Å². The maximum absolute atomic E-state index is 5.98. The average molecular weight is 397 g/mol. The lowest BCUT2D eigenvalue weighted by Crippen LogP contribution is -2.01. The van der Waals surface area contributed by atoms with Crippen LogP contribution < -0.4 is 4.52 Å². The first-order valence-corrected chi connectivity index (χ1v) is 12.2. The van der Waals surface area contributed by atoms with Crippen LogP contribution in [0.1, 0.15) is 96.5 Å². The summed E-state index contributed by atoms with van der Waals surface area (Å²) in [5.41, 5.74) is 1.23. The van der Waals surface area contributed by atoms with Crippen molar-refractivity contribution in [1.82, 2.24) is 0 Å². The molecule has 0 N–H and O–H groups in total. The third-order valence-electron chi connectivity index (χ3n) is 4.59. The summed E-state index contributed by atoms with van der Waals surface area (Å²) in [5, 5.41) is 0. The number of hydrogen-bond acceptors (Lipinski definition) is 3. The van der Waals surface area contributed by atoms with E-state index in [4.69, 9.17) is 13.6 Å². The lowest BCUT2D eigenvalue weighted by Gasteiger charge is -2.17. The maximum Gasteiger partial charge on any atom is 0.397 e. The molecule has 0 fully saturated rings. The molecule has 0 atom stereocenters. The second kappa shape index (κ2) is 17.5. The lowest BCUT2D eigenvalue weighted by atomic mass is 10.1. The van der Waals surface area contributed by atoms with E-state index < -0.39 is 8.60 Å². The van der Waals surface area contributed by atoms with Crippen LogP contribution in [0.5, 0.6) is 5.75 Å². The van der Waals surface area contributed by atoms with Gasteiger partial charge in [0.25, 0.3) is 0 Å². The molecule has 0 bridgehead atoms. The molecule has 1 aromatic rings. The van der Waals surface area contributed by atoms with Crippen molar-refractivity contribution in [3.05, 3.63) is 29.8 Å². The molecule has 0 saturated heterocycles. The minimum atomic E-state index is -1.30. The van der Waals surface area contributed by atoms with E-state index in [0.717, 1.165) is 31.8 Å². The standard InChI is InChI=1S/C23H41O3P/c1-4-6-8-10-12-14-20-24-27(25-21-15-13-11-9-7-5-2)26-23-18-16-22(3)17-19-23/h16-19H,4-15,20-21H2,1-3H3. The molecule has 0 unspecified atom stereocenters. The second-order valence-corrected chi connectivity index (χ2v) is 8.48. The Morgan fingerprint density at radius 1 is 0.630 bits per heavy atom. The van der Waals surface area contributed by atoms with Gasteiger partial charge in [0.2, 0.25) is 0 Å². The molecular weight excluding hydrogens is 355 g/mol. The molecule has 27 heavy (non-hydrogen) atoms. The predicted octanol–water partition coefficient (Wildman–Crippen LogP) is 8.35. The van der Waals surface area contributed by atoms with E-state index in [2.05, 4.69) is 32.9 Å². The van der Waals surface area contributed by atoms with E-state index in [1.54, 1.807) is 0 Å². The maximum atomic E-state index is 5.98. The highest BCUT2D eigenvalue weighted by Gasteiger charge is 2.14.